The van der Waals surface area contributed by atoms with Gasteiger partial charge in [-0.15, -0.1) is 11.3 Å². The van der Waals surface area contributed by atoms with Gasteiger partial charge in [0.1, 0.15) is 0 Å². The quantitative estimate of drug-likeness (QED) is 0.672. The summed E-state index contributed by atoms with van der Waals surface area (Å²) in [6, 6.07) is 11.3. The number of amides is 2. The number of H-pyrrole nitrogens is 1. The average Bonchev–Trinajstić information content (AvgIpc) is 3.13. The molecule has 0 aliphatic carbocycles. The Morgan fingerprint density at radius 1 is 1.14 bits per heavy atom. The summed E-state index contributed by atoms with van der Waals surface area (Å²) in [4.78, 5) is 31.7. The Bertz CT molecular complexity index is 762. The molecule has 2 heterocycles. The third-order valence-electron chi connectivity index (χ3n) is 3.01. The molecule has 0 atom stereocenters. The number of carbonyl (C=O) groups excluding carboxylic acids is 2. The van der Waals surface area contributed by atoms with Gasteiger partial charge in [-0.2, -0.15) is 0 Å². The number of hydrogen-bond acceptors (Lipinski definition) is 4. The van der Waals surface area contributed by atoms with E-state index in [-0.39, 0.29) is 24.8 Å². The smallest absolute Gasteiger partial charge is 0.246 e. The number of fused-ring (bicyclic) bond motifs is 1. The molecule has 7 heteroatoms. The number of carbonyl (C=O) groups is 2. The second-order valence-electron chi connectivity index (χ2n) is 4.68. The molecule has 0 aliphatic heterocycles. The number of para-hydroxylation sites is 2. The van der Waals surface area contributed by atoms with Crippen LogP contribution in [-0.4, -0.2) is 28.3 Å². The van der Waals surface area contributed by atoms with Crippen molar-refractivity contribution in [3.05, 3.63) is 46.7 Å². The third-order valence-corrected chi connectivity index (χ3v) is 3.88. The molecule has 0 saturated heterocycles. The van der Waals surface area contributed by atoms with Crippen molar-refractivity contribution in [3.8, 4) is 0 Å². The molecule has 3 aromatic rings. The summed E-state index contributed by atoms with van der Waals surface area (Å²) in [7, 11) is 0. The minimum Gasteiger partial charge on any atom is -0.347 e. The van der Waals surface area contributed by atoms with Crippen LogP contribution in [0.25, 0.3) is 11.0 Å². The second kappa shape index (κ2) is 6.40. The number of imidazole rings is 1. The molecule has 0 saturated carbocycles. The fraction of sp³-hybridized carbons (Fsp3) is 0.133. The molecule has 0 fully saturated rings. The van der Waals surface area contributed by atoms with Gasteiger partial charge < -0.3 is 10.3 Å². The maximum atomic E-state index is 11.8. The van der Waals surface area contributed by atoms with E-state index in [2.05, 4.69) is 20.6 Å². The molecule has 0 spiro atoms. The van der Waals surface area contributed by atoms with E-state index in [0.29, 0.717) is 5.95 Å². The van der Waals surface area contributed by atoms with Crippen molar-refractivity contribution in [2.24, 2.45) is 0 Å². The standard InChI is InChI=1S/C15H14N4O2S/c20-13(8-10-4-3-7-22-10)16-9-14(21)19-15-17-11-5-1-2-6-12(11)18-15/h1-7H,8-9H2,(H,16,20)(H2,17,18,19,21). The summed E-state index contributed by atoms with van der Waals surface area (Å²) < 4.78 is 0. The van der Waals surface area contributed by atoms with Gasteiger partial charge in [0, 0.05) is 4.88 Å². The number of nitrogens with one attached hydrogen (secondary N) is 3. The molecule has 3 N–H and O–H groups in total. The summed E-state index contributed by atoms with van der Waals surface area (Å²) in [6.45, 7) is -0.0821. The molecular formula is C15H14N4O2S. The van der Waals surface area contributed by atoms with Crippen LogP contribution in [-0.2, 0) is 16.0 Å². The first-order valence-electron chi connectivity index (χ1n) is 6.74. The number of aromatic nitrogens is 2. The Morgan fingerprint density at radius 3 is 2.77 bits per heavy atom. The molecule has 3 rings (SSSR count). The molecule has 112 valence electrons. The van der Waals surface area contributed by atoms with Gasteiger partial charge in [0.05, 0.1) is 24.0 Å². The van der Waals surface area contributed by atoms with Crippen LogP contribution in [0.3, 0.4) is 0 Å². The highest BCUT2D eigenvalue weighted by Crippen LogP contribution is 2.13. The van der Waals surface area contributed by atoms with Gasteiger partial charge in [-0.3, -0.25) is 14.9 Å². The maximum absolute atomic E-state index is 11.8. The molecule has 2 aromatic heterocycles. The molecule has 0 aliphatic rings. The predicted octanol–water partition coefficient (Wildman–Crippen LogP) is 1.92. The fourth-order valence-corrected chi connectivity index (χ4v) is 2.70. The summed E-state index contributed by atoms with van der Waals surface area (Å²) in [5.41, 5.74) is 1.62. The van der Waals surface area contributed by atoms with Gasteiger partial charge in [0.15, 0.2) is 0 Å². The van der Waals surface area contributed by atoms with Crippen molar-refractivity contribution >= 4 is 40.1 Å². The average molecular weight is 314 g/mol. The number of nitrogens with zero attached hydrogens (tertiary/aromatic N) is 1. The van der Waals surface area contributed by atoms with E-state index in [1.807, 2.05) is 41.8 Å². The Morgan fingerprint density at radius 2 is 2.00 bits per heavy atom. The van der Waals surface area contributed by atoms with E-state index < -0.39 is 0 Å². The van der Waals surface area contributed by atoms with Crippen LogP contribution in [0.4, 0.5) is 5.95 Å². The zero-order chi connectivity index (χ0) is 15.4. The lowest BCUT2D eigenvalue weighted by Crippen LogP contribution is -2.33. The summed E-state index contributed by atoms with van der Waals surface area (Å²) in [6.07, 6.45) is 0.287. The van der Waals surface area contributed by atoms with E-state index in [4.69, 9.17) is 0 Å². The minimum atomic E-state index is -0.321. The summed E-state index contributed by atoms with van der Waals surface area (Å²) >= 11 is 1.51. The Labute approximate surface area is 130 Å². The fourth-order valence-electron chi connectivity index (χ4n) is 2.00. The minimum absolute atomic E-state index is 0.0821. The molecule has 2 amide bonds. The monoisotopic (exact) mass is 314 g/mol. The number of benzene rings is 1. The maximum Gasteiger partial charge on any atom is 0.246 e. The Balaban J connectivity index is 1.50. The van der Waals surface area contributed by atoms with Crippen LogP contribution in [0, 0.1) is 0 Å². The van der Waals surface area contributed by atoms with Gasteiger partial charge in [-0.1, -0.05) is 18.2 Å². The molecule has 22 heavy (non-hydrogen) atoms. The normalized spacial score (nSPS) is 10.5. The molecule has 0 bridgehead atoms. The van der Waals surface area contributed by atoms with E-state index in [0.717, 1.165) is 15.9 Å². The zero-order valence-electron chi connectivity index (χ0n) is 11.6. The number of hydrogen-bond donors (Lipinski definition) is 3. The van der Waals surface area contributed by atoms with Gasteiger partial charge in [-0.25, -0.2) is 4.98 Å². The van der Waals surface area contributed by atoms with Crippen LogP contribution < -0.4 is 10.6 Å². The Kier molecular flexibility index (Phi) is 4.15. The molecule has 0 radical (unpaired) electrons. The third kappa shape index (κ3) is 3.50. The lowest BCUT2D eigenvalue weighted by Gasteiger charge is -2.04. The van der Waals surface area contributed by atoms with Crippen LogP contribution in [0.15, 0.2) is 41.8 Å². The van der Waals surface area contributed by atoms with Crippen molar-refractivity contribution < 1.29 is 9.59 Å². The van der Waals surface area contributed by atoms with Crippen molar-refractivity contribution in [1.29, 1.82) is 0 Å². The van der Waals surface area contributed by atoms with Crippen molar-refractivity contribution in [1.82, 2.24) is 15.3 Å². The van der Waals surface area contributed by atoms with Crippen molar-refractivity contribution in [3.63, 3.8) is 0 Å². The summed E-state index contributed by atoms with van der Waals surface area (Å²) in [5.74, 6) is -0.125. The van der Waals surface area contributed by atoms with E-state index in [9.17, 15) is 9.59 Å². The first-order chi connectivity index (χ1) is 10.7. The lowest BCUT2D eigenvalue weighted by atomic mass is 10.3. The highest BCUT2D eigenvalue weighted by Gasteiger charge is 2.09. The first kappa shape index (κ1) is 14.3. The molecule has 1 aromatic carbocycles. The van der Waals surface area contributed by atoms with Crippen LogP contribution in [0.2, 0.25) is 0 Å². The van der Waals surface area contributed by atoms with Crippen molar-refractivity contribution in [2.75, 3.05) is 11.9 Å². The van der Waals surface area contributed by atoms with Gasteiger partial charge in [0.2, 0.25) is 17.8 Å². The highest BCUT2D eigenvalue weighted by molar-refractivity contribution is 7.10. The van der Waals surface area contributed by atoms with Gasteiger partial charge >= 0.3 is 0 Å². The summed E-state index contributed by atoms with van der Waals surface area (Å²) in [5, 5.41) is 7.13. The van der Waals surface area contributed by atoms with Crippen molar-refractivity contribution in [2.45, 2.75) is 6.42 Å². The van der Waals surface area contributed by atoms with E-state index in [1.165, 1.54) is 11.3 Å². The topological polar surface area (TPSA) is 86.9 Å². The number of thiophene rings is 1. The number of aromatic amines is 1. The van der Waals surface area contributed by atoms with Crippen LogP contribution >= 0.6 is 11.3 Å². The molecule has 6 nitrogen and oxygen atoms in total. The van der Waals surface area contributed by atoms with E-state index >= 15 is 0 Å². The lowest BCUT2D eigenvalue weighted by molar-refractivity contribution is -0.123. The largest absolute Gasteiger partial charge is 0.347 e. The van der Waals surface area contributed by atoms with E-state index in [1.54, 1.807) is 0 Å². The number of anilines is 1. The van der Waals surface area contributed by atoms with Gasteiger partial charge in [-0.05, 0) is 23.6 Å². The van der Waals surface area contributed by atoms with Crippen LogP contribution in [0.5, 0.6) is 0 Å². The van der Waals surface area contributed by atoms with Gasteiger partial charge in [0.25, 0.3) is 0 Å². The highest BCUT2D eigenvalue weighted by atomic mass is 32.1. The number of rotatable bonds is 5. The molecule has 0 unspecified atom stereocenters. The predicted molar refractivity (Wildman–Crippen MR) is 85.8 cm³/mol. The molecular weight excluding hydrogens is 300 g/mol. The first-order valence-corrected chi connectivity index (χ1v) is 7.62. The van der Waals surface area contributed by atoms with Crippen LogP contribution in [0.1, 0.15) is 4.88 Å². The second-order valence-corrected chi connectivity index (χ2v) is 5.72. The SMILES string of the molecule is O=C(Cc1cccs1)NCC(=O)Nc1nc2ccccc2[nH]1. The Hall–Kier alpha value is -2.67. The zero-order valence-corrected chi connectivity index (χ0v) is 12.4.